The summed E-state index contributed by atoms with van der Waals surface area (Å²) in [5.74, 6) is -1.52. The molecule has 0 spiro atoms. The van der Waals surface area contributed by atoms with Gasteiger partial charge in [-0.05, 0) is 49.3 Å². The maximum Gasteiger partial charge on any atom is 0.326 e. The molecule has 8 N–H and O–H groups in total. The Balaban J connectivity index is 1.54. The standard InChI is InChI=1S/C21H26N6O5/c22-16(28)8-7-15(20(31)32)25-18(29)13-5-3-11(4-6-13)1-2-12-9-14-17(24-10-12)26-21(23)27-19(14)30/h3-6,12,15H,1-2,7-10H2,(H2,22,28)(H,25,29)(H,31,32)(H4,23,24,26,27,30)/t12?,15-/m0/s1. The van der Waals surface area contributed by atoms with Gasteiger partial charge >= 0.3 is 5.97 Å². The molecule has 3 rings (SSSR count). The van der Waals surface area contributed by atoms with Gasteiger partial charge in [-0.25, -0.2) is 4.79 Å². The molecule has 1 aliphatic rings. The lowest BCUT2D eigenvalue weighted by atomic mass is 9.91. The van der Waals surface area contributed by atoms with E-state index in [1.807, 2.05) is 12.1 Å². The maximum atomic E-state index is 12.3. The number of nitrogens with one attached hydrogen (secondary N) is 3. The van der Waals surface area contributed by atoms with E-state index in [9.17, 15) is 24.3 Å². The number of hydrogen-bond acceptors (Lipinski definition) is 7. The highest BCUT2D eigenvalue weighted by Gasteiger charge is 2.23. The smallest absolute Gasteiger partial charge is 0.326 e. The van der Waals surface area contributed by atoms with Crippen molar-refractivity contribution in [2.45, 2.75) is 38.1 Å². The number of hydrogen-bond donors (Lipinski definition) is 6. The Morgan fingerprint density at radius 2 is 1.97 bits per heavy atom. The number of H-pyrrole nitrogens is 1. The summed E-state index contributed by atoms with van der Waals surface area (Å²) >= 11 is 0. The van der Waals surface area contributed by atoms with E-state index in [-0.39, 0.29) is 30.3 Å². The number of carboxylic acid groups (broad SMARTS) is 1. The second-order valence-electron chi connectivity index (χ2n) is 7.83. The molecule has 1 aliphatic heterocycles. The van der Waals surface area contributed by atoms with E-state index >= 15 is 0 Å². The van der Waals surface area contributed by atoms with Crippen LogP contribution < -0.4 is 27.7 Å². The number of carboxylic acids is 1. The number of rotatable bonds is 9. The van der Waals surface area contributed by atoms with Gasteiger partial charge in [0.25, 0.3) is 11.5 Å². The fourth-order valence-electron chi connectivity index (χ4n) is 3.64. The van der Waals surface area contributed by atoms with Gasteiger partial charge in [0.2, 0.25) is 11.9 Å². The zero-order chi connectivity index (χ0) is 23.3. The monoisotopic (exact) mass is 442 g/mol. The Bertz CT molecular complexity index is 1070. The lowest BCUT2D eigenvalue weighted by Gasteiger charge is -2.24. The summed E-state index contributed by atoms with van der Waals surface area (Å²) in [4.78, 5) is 53.2. The number of carbonyl (C=O) groups is 3. The maximum absolute atomic E-state index is 12.3. The fraction of sp³-hybridized carbons (Fsp3) is 0.381. The van der Waals surface area contributed by atoms with E-state index in [1.165, 1.54) is 0 Å². The normalized spacial score (nSPS) is 15.8. The first-order valence-corrected chi connectivity index (χ1v) is 10.3. The Hall–Kier alpha value is -3.89. The van der Waals surface area contributed by atoms with Gasteiger partial charge in [0.1, 0.15) is 11.9 Å². The molecule has 0 saturated carbocycles. The number of aromatic nitrogens is 2. The second-order valence-corrected chi connectivity index (χ2v) is 7.83. The first kappa shape index (κ1) is 22.8. The number of nitrogen functional groups attached to an aromatic ring is 1. The van der Waals surface area contributed by atoms with Gasteiger partial charge in [-0.2, -0.15) is 4.98 Å². The highest BCUT2D eigenvalue weighted by Crippen LogP contribution is 2.23. The number of benzene rings is 1. The van der Waals surface area contributed by atoms with Crippen LogP contribution in [0.25, 0.3) is 0 Å². The van der Waals surface area contributed by atoms with Crippen molar-refractivity contribution in [3.63, 3.8) is 0 Å². The zero-order valence-corrected chi connectivity index (χ0v) is 17.4. The van der Waals surface area contributed by atoms with Gasteiger partial charge in [0.15, 0.2) is 0 Å². The quantitative estimate of drug-likeness (QED) is 0.313. The largest absolute Gasteiger partial charge is 0.480 e. The number of nitrogens with two attached hydrogens (primary N) is 2. The lowest BCUT2D eigenvalue weighted by molar-refractivity contribution is -0.139. The van der Waals surface area contributed by atoms with Gasteiger partial charge in [0, 0.05) is 18.5 Å². The van der Waals surface area contributed by atoms with Crippen LogP contribution in [0.5, 0.6) is 0 Å². The van der Waals surface area contributed by atoms with Crippen molar-refractivity contribution < 1.29 is 19.5 Å². The molecule has 0 fully saturated rings. The Kier molecular flexibility index (Phi) is 7.08. The molecule has 11 heteroatoms. The van der Waals surface area contributed by atoms with Crippen molar-refractivity contribution in [2.75, 3.05) is 17.6 Å². The number of carbonyl (C=O) groups excluding carboxylic acids is 2. The van der Waals surface area contributed by atoms with Gasteiger partial charge in [0.05, 0.1) is 5.56 Å². The number of nitrogens with zero attached hydrogens (tertiary/aromatic N) is 1. The lowest BCUT2D eigenvalue weighted by Crippen LogP contribution is -2.41. The fourth-order valence-corrected chi connectivity index (χ4v) is 3.64. The van der Waals surface area contributed by atoms with E-state index in [2.05, 4.69) is 20.6 Å². The van der Waals surface area contributed by atoms with Crippen LogP contribution in [0.2, 0.25) is 0 Å². The minimum atomic E-state index is -1.23. The Morgan fingerprint density at radius 1 is 1.25 bits per heavy atom. The van der Waals surface area contributed by atoms with E-state index in [0.29, 0.717) is 29.9 Å². The summed E-state index contributed by atoms with van der Waals surface area (Å²) in [7, 11) is 0. The van der Waals surface area contributed by atoms with Gasteiger partial charge in [-0.1, -0.05) is 12.1 Å². The van der Waals surface area contributed by atoms with Crippen LogP contribution in [0.1, 0.15) is 40.7 Å². The van der Waals surface area contributed by atoms with Crippen LogP contribution >= 0.6 is 0 Å². The summed E-state index contributed by atoms with van der Waals surface area (Å²) in [5.41, 5.74) is 12.3. The van der Waals surface area contributed by atoms with Crippen LogP contribution in [0.15, 0.2) is 29.1 Å². The molecule has 1 aromatic carbocycles. The van der Waals surface area contributed by atoms with Crippen LogP contribution in [-0.2, 0) is 22.4 Å². The van der Waals surface area contributed by atoms with Crippen molar-refractivity contribution in [1.29, 1.82) is 0 Å². The van der Waals surface area contributed by atoms with E-state index < -0.39 is 23.8 Å². The molecule has 0 aliphatic carbocycles. The number of amides is 2. The number of aryl methyl sites for hydroxylation is 1. The van der Waals surface area contributed by atoms with E-state index in [0.717, 1.165) is 18.4 Å². The molecule has 2 aromatic rings. The SMILES string of the molecule is NC(=O)CC[C@H](NC(=O)c1ccc(CCC2CNc3nc(N)[nH]c(=O)c3C2)cc1)C(=O)O. The van der Waals surface area contributed by atoms with Crippen LogP contribution in [-0.4, -0.2) is 45.4 Å². The van der Waals surface area contributed by atoms with Crippen LogP contribution in [0.4, 0.5) is 11.8 Å². The highest BCUT2D eigenvalue weighted by atomic mass is 16.4. The number of fused-ring (bicyclic) bond motifs is 1. The number of aliphatic carboxylic acids is 1. The number of aromatic amines is 1. The van der Waals surface area contributed by atoms with Crippen molar-refractivity contribution in [1.82, 2.24) is 15.3 Å². The summed E-state index contributed by atoms with van der Waals surface area (Å²) in [6.07, 6.45) is 1.98. The van der Waals surface area contributed by atoms with Crippen LogP contribution in [0, 0.1) is 5.92 Å². The first-order chi connectivity index (χ1) is 15.2. The van der Waals surface area contributed by atoms with Crippen LogP contribution in [0.3, 0.4) is 0 Å². The highest BCUT2D eigenvalue weighted by molar-refractivity contribution is 5.96. The third kappa shape index (κ3) is 5.84. The van der Waals surface area contributed by atoms with Gasteiger partial charge in [-0.15, -0.1) is 0 Å². The average Bonchev–Trinajstić information content (AvgIpc) is 2.75. The predicted octanol–water partition coefficient (Wildman–Crippen LogP) is 0.0176. The third-order valence-corrected chi connectivity index (χ3v) is 5.42. The third-order valence-electron chi connectivity index (χ3n) is 5.42. The predicted molar refractivity (Wildman–Crippen MR) is 117 cm³/mol. The molecule has 0 radical (unpaired) electrons. The molecular formula is C21H26N6O5. The molecular weight excluding hydrogens is 416 g/mol. The van der Waals surface area contributed by atoms with E-state index in [1.54, 1.807) is 12.1 Å². The minimum Gasteiger partial charge on any atom is -0.480 e. The zero-order valence-electron chi connectivity index (χ0n) is 17.4. The molecule has 2 heterocycles. The van der Waals surface area contributed by atoms with Gasteiger partial charge < -0.3 is 27.2 Å². The molecule has 0 saturated heterocycles. The molecule has 32 heavy (non-hydrogen) atoms. The molecule has 11 nitrogen and oxygen atoms in total. The van der Waals surface area contributed by atoms with Gasteiger partial charge in [-0.3, -0.25) is 19.4 Å². The van der Waals surface area contributed by atoms with Crippen molar-refractivity contribution in [2.24, 2.45) is 11.7 Å². The summed E-state index contributed by atoms with van der Waals surface area (Å²) in [6.45, 7) is 0.686. The summed E-state index contributed by atoms with van der Waals surface area (Å²) < 4.78 is 0. The molecule has 1 unspecified atom stereocenters. The topological polar surface area (TPSA) is 193 Å². The Labute approximate surface area is 183 Å². The average molecular weight is 442 g/mol. The Morgan fingerprint density at radius 3 is 2.62 bits per heavy atom. The molecule has 2 amide bonds. The number of primary amides is 1. The summed E-state index contributed by atoms with van der Waals surface area (Å²) in [5, 5.41) is 14.8. The minimum absolute atomic E-state index is 0.0714. The molecule has 0 bridgehead atoms. The molecule has 2 atom stereocenters. The molecule has 1 aromatic heterocycles. The van der Waals surface area contributed by atoms with Crippen molar-refractivity contribution in [3.8, 4) is 0 Å². The van der Waals surface area contributed by atoms with E-state index in [4.69, 9.17) is 11.5 Å². The second kappa shape index (κ2) is 9.94. The van der Waals surface area contributed by atoms with Crippen molar-refractivity contribution in [3.05, 3.63) is 51.3 Å². The van der Waals surface area contributed by atoms with Crippen molar-refractivity contribution >= 4 is 29.5 Å². The number of anilines is 2. The molecule has 170 valence electrons. The summed E-state index contributed by atoms with van der Waals surface area (Å²) in [6, 6.07) is 5.69. The first-order valence-electron chi connectivity index (χ1n) is 10.3.